The lowest BCUT2D eigenvalue weighted by Gasteiger charge is -2.39. The Bertz CT molecular complexity index is 1490. The van der Waals surface area contributed by atoms with Gasteiger partial charge in [-0.2, -0.15) is 0 Å². The van der Waals surface area contributed by atoms with Gasteiger partial charge < -0.3 is 19.3 Å². The molecule has 1 N–H and O–H groups in total. The number of aromatic amines is 1. The fourth-order valence-electron chi connectivity index (χ4n) is 4.77. The van der Waals surface area contributed by atoms with Crippen LogP contribution in [0.3, 0.4) is 0 Å². The van der Waals surface area contributed by atoms with Gasteiger partial charge in [0.05, 0.1) is 18.3 Å². The zero-order valence-electron chi connectivity index (χ0n) is 18.9. The maximum Gasteiger partial charge on any atom is 0.229 e. The Hall–Kier alpha value is -3.97. The van der Waals surface area contributed by atoms with Crippen molar-refractivity contribution in [1.82, 2.24) is 24.9 Å². The molecule has 1 fully saturated rings. The first kappa shape index (κ1) is 20.6. The summed E-state index contributed by atoms with van der Waals surface area (Å²) < 4.78 is 5.40. The molecule has 2 aromatic heterocycles. The zero-order valence-corrected chi connectivity index (χ0v) is 18.9. The van der Waals surface area contributed by atoms with Crippen LogP contribution in [0.2, 0.25) is 0 Å². The van der Waals surface area contributed by atoms with E-state index >= 15 is 0 Å². The molecule has 7 nitrogen and oxygen atoms in total. The van der Waals surface area contributed by atoms with Gasteiger partial charge in [-0.25, -0.2) is 4.98 Å². The average molecular weight is 452 g/mol. The van der Waals surface area contributed by atoms with E-state index < -0.39 is 0 Å². The highest BCUT2D eigenvalue weighted by atomic mass is 16.5. The van der Waals surface area contributed by atoms with Crippen LogP contribution >= 0.6 is 0 Å². The van der Waals surface area contributed by atoms with E-state index in [9.17, 15) is 4.79 Å². The van der Waals surface area contributed by atoms with Crippen molar-refractivity contribution in [3.63, 3.8) is 0 Å². The van der Waals surface area contributed by atoms with Gasteiger partial charge >= 0.3 is 0 Å². The number of para-hydroxylation sites is 1. The van der Waals surface area contributed by atoms with Crippen molar-refractivity contribution in [2.45, 2.75) is 12.5 Å². The molecule has 3 heterocycles. The first-order valence-electron chi connectivity index (χ1n) is 11.5. The van der Waals surface area contributed by atoms with E-state index in [0.717, 1.165) is 35.6 Å². The summed E-state index contributed by atoms with van der Waals surface area (Å²) in [5.41, 5.74) is 3.40. The van der Waals surface area contributed by atoms with Crippen molar-refractivity contribution < 1.29 is 9.32 Å². The second kappa shape index (κ2) is 8.43. The largest absolute Gasteiger partial charge is 0.356 e. The molecule has 170 valence electrons. The number of imidazole rings is 1. The minimum absolute atomic E-state index is 0.0285. The molecule has 1 amide bonds. The van der Waals surface area contributed by atoms with Gasteiger partial charge in [0, 0.05) is 30.6 Å². The number of hydrogen-bond acceptors (Lipinski definition) is 5. The molecule has 1 saturated heterocycles. The van der Waals surface area contributed by atoms with Gasteiger partial charge in [-0.15, -0.1) is 0 Å². The van der Waals surface area contributed by atoms with Crippen molar-refractivity contribution in [3.05, 3.63) is 84.4 Å². The normalized spacial score (nSPS) is 17.0. The number of piperazine rings is 1. The topological polar surface area (TPSA) is 78.3 Å². The van der Waals surface area contributed by atoms with Crippen LogP contribution in [0.25, 0.3) is 33.0 Å². The SMILES string of the molecule is CN1CCN(C(=O)Cc2noc3ccccc23)C(c2ncc(-c3ccc4ccccc4c3)[nH]2)C1. The van der Waals surface area contributed by atoms with E-state index in [1.807, 2.05) is 47.5 Å². The van der Waals surface area contributed by atoms with Crippen LogP contribution in [-0.4, -0.2) is 57.5 Å². The Morgan fingerprint density at radius 3 is 2.79 bits per heavy atom. The fraction of sp³-hybridized carbons (Fsp3) is 0.222. The summed E-state index contributed by atoms with van der Waals surface area (Å²) in [4.78, 5) is 25.8. The van der Waals surface area contributed by atoms with Crippen LogP contribution in [-0.2, 0) is 11.2 Å². The van der Waals surface area contributed by atoms with E-state index in [0.29, 0.717) is 17.8 Å². The third-order valence-electron chi connectivity index (χ3n) is 6.65. The van der Waals surface area contributed by atoms with Gasteiger partial charge in [0.25, 0.3) is 0 Å². The number of rotatable bonds is 4. The summed E-state index contributed by atoms with van der Waals surface area (Å²) in [6.45, 7) is 2.18. The predicted molar refractivity (Wildman–Crippen MR) is 131 cm³/mol. The van der Waals surface area contributed by atoms with E-state index in [4.69, 9.17) is 9.51 Å². The Labute approximate surface area is 197 Å². The second-order valence-corrected chi connectivity index (χ2v) is 8.91. The lowest BCUT2D eigenvalue weighted by Crippen LogP contribution is -2.50. The summed E-state index contributed by atoms with van der Waals surface area (Å²) in [6, 6.07) is 22.2. The highest BCUT2D eigenvalue weighted by molar-refractivity contribution is 5.87. The van der Waals surface area contributed by atoms with Crippen LogP contribution in [0, 0.1) is 0 Å². The molecular formula is C27H25N5O2. The van der Waals surface area contributed by atoms with E-state index in [2.05, 4.69) is 52.4 Å². The predicted octanol–water partition coefficient (Wildman–Crippen LogP) is 4.43. The van der Waals surface area contributed by atoms with E-state index in [1.165, 1.54) is 10.8 Å². The first-order valence-corrected chi connectivity index (χ1v) is 11.5. The minimum Gasteiger partial charge on any atom is -0.356 e. The molecule has 0 spiro atoms. The molecule has 0 bridgehead atoms. The van der Waals surface area contributed by atoms with Crippen molar-refractivity contribution in [3.8, 4) is 11.3 Å². The lowest BCUT2D eigenvalue weighted by atomic mass is 10.1. The highest BCUT2D eigenvalue weighted by Crippen LogP contribution is 2.28. The Balaban J connectivity index is 1.28. The Kier molecular flexibility index (Phi) is 5.11. The Morgan fingerprint density at radius 2 is 1.88 bits per heavy atom. The number of carbonyl (C=O) groups excluding carboxylic acids is 1. The standard InChI is InChI=1S/C27H25N5O2/c1-31-12-13-32(26(33)15-22-21-8-4-5-9-25(21)34-30-22)24(17-31)27-28-16-23(29-27)20-11-10-18-6-2-3-7-19(18)14-20/h2-11,14,16,24H,12-13,15,17H2,1H3,(H,28,29). The highest BCUT2D eigenvalue weighted by Gasteiger charge is 2.33. The van der Waals surface area contributed by atoms with E-state index in [-0.39, 0.29) is 18.4 Å². The van der Waals surface area contributed by atoms with Gasteiger partial charge in [0.2, 0.25) is 5.91 Å². The monoisotopic (exact) mass is 451 g/mol. The number of carbonyl (C=O) groups is 1. The molecule has 7 heteroatoms. The van der Waals surface area contributed by atoms with Gasteiger partial charge in [-0.1, -0.05) is 53.7 Å². The van der Waals surface area contributed by atoms with Crippen LogP contribution in [0.15, 0.2) is 77.4 Å². The van der Waals surface area contributed by atoms with Crippen LogP contribution in [0.1, 0.15) is 17.6 Å². The third kappa shape index (κ3) is 3.74. The molecule has 0 radical (unpaired) electrons. The number of amides is 1. The number of fused-ring (bicyclic) bond motifs is 2. The molecule has 1 unspecified atom stereocenters. The van der Waals surface area contributed by atoms with Crippen LogP contribution in [0.5, 0.6) is 0 Å². The maximum absolute atomic E-state index is 13.4. The van der Waals surface area contributed by atoms with Gasteiger partial charge in [0.15, 0.2) is 5.58 Å². The van der Waals surface area contributed by atoms with Gasteiger partial charge in [-0.3, -0.25) is 4.79 Å². The quantitative estimate of drug-likeness (QED) is 0.437. The average Bonchev–Trinajstić information content (AvgIpc) is 3.52. The summed E-state index contributed by atoms with van der Waals surface area (Å²) >= 11 is 0. The number of nitrogens with one attached hydrogen (secondary N) is 1. The fourth-order valence-corrected chi connectivity index (χ4v) is 4.77. The van der Waals surface area contributed by atoms with Crippen LogP contribution in [0.4, 0.5) is 0 Å². The van der Waals surface area contributed by atoms with Gasteiger partial charge in [-0.05, 0) is 36.0 Å². The summed E-state index contributed by atoms with van der Waals surface area (Å²) in [6.07, 6.45) is 2.07. The summed E-state index contributed by atoms with van der Waals surface area (Å²) in [5, 5.41) is 7.43. The number of aromatic nitrogens is 3. The summed E-state index contributed by atoms with van der Waals surface area (Å²) in [5.74, 6) is 0.828. The second-order valence-electron chi connectivity index (χ2n) is 8.91. The first-order chi connectivity index (χ1) is 16.7. The molecule has 34 heavy (non-hydrogen) atoms. The molecule has 1 aliphatic rings. The molecule has 0 saturated carbocycles. The van der Waals surface area contributed by atoms with Crippen molar-refractivity contribution in [2.75, 3.05) is 26.7 Å². The van der Waals surface area contributed by atoms with E-state index in [1.54, 1.807) is 0 Å². The molecule has 1 aliphatic heterocycles. The molecule has 6 rings (SSSR count). The zero-order chi connectivity index (χ0) is 23.1. The number of benzene rings is 3. The molecule has 1 atom stereocenters. The molecular weight excluding hydrogens is 426 g/mol. The molecule has 3 aromatic carbocycles. The van der Waals surface area contributed by atoms with Crippen molar-refractivity contribution in [2.24, 2.45) is 0 Å². The minimum atomic E-state index is -0.154. The molecule has 0 aliphatic carbocycles. The maximum atomic E-state index is 13.4. The Morgan fingerprint density at radius 1 is 1.06 bits per heavy atom. The number of H-pyrrole nitrogens is 1. The number of likely N-dealkylation sites (N-methyl/N-ethyl adjacent to an activating group) is 1. The number of hydrogen-bond donors (Lipinski definition) is 1. The third-order valence-corrected chi connectivity index (χ3v) is 6.65. The van der Waals surface area contributed by atoms with Crippen LogP contribution < -0.4 is 0 Å². The smallest absolute Gasteiger partial charge is 0.229 e. The lowest BCUT2D eigenvalue weighted by molar-refractivity contribution is -0.135. The summed E-state index contributed by atoms with van der Waals surface area (Å²) in [7, 11) is 2.08. The van der Waals surface area contributed by atoms with Crippen molar-refractivity contribution >= 4 is 27.6 Å². The molecule has 5 aromatic rings. The van der Waals surface area contributed by atoms with Gasteiger partial charge in [0.1, 0.15) is 17.6 Å². The van der Waals surface area contributed by atoms with Crippen molar-refractivity contribution in [1.29, 1.82) is 0 Å². The number of nitrogens with zero attached hydrogens (tertiary/aromatic N) is 4.